The second-order valence-corrected chi connectivity index (χ2v) is 9.94. The highest BCUT2D eigenvalue weighted by Crippen LogP contribution is 2.23. The molecule has 12 heteroatoms. The first kappa shape index (κ1) is 25.2. The highest BCUT2D eigenvalue weighted by atomic mass is 35.5. The van der Waals surface area contributed by atoms with Crippen LogP contribution in [-0.4, -0.2) is 42.6 Å². The largest absolute Gasteiger partial charge is 0.490 e. The lowest BCUT2D eigenvalue weighted by atomic mass is 10.1. The summed E-state index contributed by atoms with van der Waals surface area (Å²) in [5.41, 5.74) is 0.412. The van der Waals surface area contributed by atoms with E-state index in [9.17, 15) is 18.5 Å². The second-order valence-electron chi connectivity index (χ2n) is 6.61. The van der Waals surface area contributed by atoms with Crippen LogP contribution < -0.4 is 14.8 Å². The Morgan fingerprint density at radius 2 is 1.88 bits per heavy atom. The van der Waals surface area contributed by atoms with Crippen LogP contribution in [-0.2, 0) is 14.6 Å². The van der Waals surface area contributed by atoms with Gasteiger partial charge in [0.2, 0.25) is 15.0 Å². The lowest BCUT2D eigenvalue weighted by Gasteiger charge is -2.09. The smallest absolute Gasteiger partial charge is 0.268 e. The van der Waals surface area contributed by atoms with Gasteiger partial charge in [0.05, 0.1) is 10.8 Å². The molecule has 1 N–H and O–H groups in total. The number of carbonyl (C=O) groups excluding carboxylic acids is 1. The van der Waals surface area contributed by atoms with E-state index in [-0.39, 0.29) is 21.6 Å². The average molecular weight is 519 g/mol. The molecule has 0 aliphatic rings. The third-order valence-electron chi connectivity index (χ3n) is 4.29. The number of amides is 1. The van der Waals surface area contributed by atoms with Crippen LogP contribution in [0, 0.1) is 11.3 Å². The van der Waals surface area contributed by atoms with Crippen LogP contribution >= 0.6 is 23.1 Å². The highest BCUT2D eigenvalue weighted by molar-refractivity contribution is 7.91. The SMILES string of the molecule is CCS(=O)(=O)c1nsc(NC(=O)/C(C#N)=C\c2ccc(OCCOc3ccccc3Cl)cc2)n1. The standard InChI is InChI=1S/C22H19ClN4O5S2/c1-2-34(29,30)22-26-21(33-27-22)25-20(28)16(14-24)13-15-7-9-17(10-8-15)31-11-12-32-19-6-4-3-5-18(19)23/h3-10,13H,2,11-12H2,1H3,(H,25,26,27,28)/b16-13-. The first-order valence-electron chi connectivity index (χ1n) is 9.92. The van der Waals surface area contributed by atoms with E-state index in [0.29, 0.717) is 35.3 Å². The van der Waals surface area contributed by atoms with Gasteiger partial charge in [-0.15, -0.1) is 0 Å². The van der Waals surface area contributed by atoms with Gasteiger partial charge in [0.15, 0.2) is 0 Å². The maximum absolute atomic E-state index is 12.4. The molecule has 0 fully saturated rings. The zero-order valence-corrected chi connectivity index (χ0v) is 20.3. The van der Waals surface area contributed by atoms with Crippen LogP contribution in [0.5, 0.6) is 11.5 Å². The summed E-state index contributed by atoms with van der Waals surface area (Å²) in [5, 5.41) is 11.9. The van der Waals surface area contributed by atoms with E-state index in [2.05, 4.69) is 14.7 Å². The number of carbonyl (C=O) groups is 1. The fourth-order valence-corrected chi connectivity index (χ4v) is 4.30. The first-order valence-corrected chi connectivity index (χ1v) is 12.7. The minimum Gasteiger partial charge on any atom is -0.490 e. The number of sulfone groups is 1. The second kappa shape index (κ2) is 11.6. The minimum atomic E-state index is -3.58. The third-order valence-corrected chi connectivity index (χ3v) is 6.85. The lowest BCUT2D eigenvalue weighted by Crippen LogP contribution is -2.13. The molecule has 3 rings (SSSR count). The molecule has 0 saturated carbocycles. The van der Waals surface area contributed by atoms with Gasteiger partial charge in [0, 0.05) is 11.5 Å². The fourth-order valence-electron chi connectivity index (χ4n) is 2.53. The van der Waals surface area contributed by atoms with Crippen molar-refractivity contribution >= 4 is 50.1 Å². The molecular weight excluding hydrogens is 500 g/mol. The highest BCUT2D eigenvalue weighted by Gasteiger charge is 2.20. The van der Waals surface area contributed by atoms with Crippen LogP contribution in [0.2, 0.25) is 5.02 Å². The molecule has 3 aromatic rings. The molecule has 0 aliphatic carbocycles. The molecule has 2 aromatic carbocycles. The summed E-state index contributed by atoms with van der Waals surface area (Å²) < 4.78 is 38.5. The van der Waals surface area contributed by atoms with E-state index in [1.807, 2.05) is 18.2 Å². The number of hydrogen-bond donors (Lipinski definition) is 1. The maximum Gasteiger partial charge on any atom is 0.268 e. The Kier molecular flexibility index (Phi) is 8.59. The van der Waals surface area contributed by atoms with Crippen molar-refractivity contribution in [3.05, 3.63) is 64.7 Å². The molecule has 0 bridgehead atoms. The Bertz CT molecular complexity index is 1330. The molecule has 1 amide bonds. The maximum atomic E-state index is 12.4. The summed E-state index contributed by atoms with van der Waals surface area (Å²) in [6, 6.07) is 15.7. The Balaban J connectivity index is 1.56. The number of nitrogens with one attached hydrogen (secondary N) is 1. The van der Waals surface area contributed by atoms with Gasteiger partial charge in [0.25, 0.3) is 11.1 Å². The molecule has 9 nitrogen and oxygen atoms in total. The summed E-state index contributed by atoms with van der Waals surface area (Å²) in [7, 11) is -3.58. The first-order chi connectivity index (χ1) is 16.3. The number of anilines is 1. The molecule has 1 aromatic heterocycles. The van der Waals surface area contributed by atoms with Crippen molar-refractivity contribution in [2.24, 2.45) is 0 Å². The van der Waals surface area contributed by atoms with E-state index in [0.717, 1.165) is 11.5 Å². The zero-order chi connectivity index (χ0) is 24.6. The van der Waals surface area contributed by atoms with Gasteiger partial charge >= 0.3 is 0 Å². The monoisotopic (exact) mass is 518 g/mol. The van der Waals surface area contributed by atoms with E-state index in [1.54, 1.807) is 36.4 Å². The van der Waals surface area contributed by atoms with Gasteiger partial charge in [-0.1, -0.05) is 42.8 Å². The normalized spacial score (nSPS) is 11.5. The third kappa shape index (κ3) is 6.77. The Morgan fingerprint density at radius 3 is 2.56 bits per heavy atom. The molecule has 0 spiro atoms. The molecule has 0 atom stereocenters. The van der Waals surface area contributed by atoms with Crippen molar-refractivity contribution in [3.63, 3.8) is 0 Å². The van der Waals surface area contributed by atoms with Crippen molar-refractivity contribution in [3.8, 4) is 17.6 Å². The Labute approximate surface area is 205 Å². The Morgan fingerprint density at radius 1 is 1.18 bits per heavy atom. The van der Waals surface area contributed by atoms with Crippen molar-refractivity contribution in [2.45, 2.75) is 12.1 Å². The number of nitrogens with zero attached hydrogens (tertiary/aromatic N) is 3. The van der Waals surface area contributed by atoms with Gasteiger partial charge in [0.1, 0.15) is 36.4 Å². The number of halogens is 1. The number of benzene rings is 2. The van der Waals surface area contributed by atoms with Gasteiger partial charge in [-0.2, -0.15) is 14.6 Å². The predicted molar refractivity (Wildman–Crippen MR) is 129 cm³/mol. The number of aromatic nitrogens is 2. The summed E-state index contributed by atoms with van der Waals surface area (Å²) in [6.07, 6.45) is 1.39. The molecule has 0 unspecified atom stereocenters. The molecule has 0 radical (unpaired) electrons. The summed E-state index contributed by atoms with van der Waals surface area (Å²) in [5.74, 6) is 0.277. The molecular formula is C22H19ClN4O5S2. The van der Waals surface area contributed by atoms with Gasteiger partial charge in [-0.3, -0.25) is 10.1 Å². The van der Waals surface area contributed by atoms with Gasteiger partial charge < -0.3 is 9.47 Å². The van der Waals surface area contributed by atoms with Crippen LogP contribution in [0.25, 0.3) is 6.08 Å². The van der Waals surface area contributed by atoms with E-state index >= 15 is 0 Å². The Hall–Kier alpha value is -3.46. The van der Waals surface area contributed by atoms with E-state index in [1.165, 1.54) is 13.0 Å². The average Bonchev–Trinajstić information content (AvgIpc) is 3.31. The topological polar surface area (TPSA) is 131 Å². The van der Waals surface area contributed by atoms with Crippen LogP contribution in [0.1, 0.15) is 12.5 Å². The number of rotatable bonds is 10. The lowest BCUT2D eigenvalue weighted by molar-refractivity contribution is -0.112. The zero-order valence-electron chi connectivity index (χ0n) is 17.9. The molecule has 1 heterocycles. The van der Waals surface area contributed by atoms with Crippen molar-refractivity contribution in [1.29, 1.82) is 5.26 Å². The van der Waals surface area contributed by atoms with Crippen LogP contribution in [0.15, 0.2) is 59.3 Å². The number of nitriles is 1. The van der Waals surface area contributed by atoms with Crippen molar-refractivity contribution in [1.82, 2.24) is 9.36 Å². The van der Waals surface area contributed by atoms with E-state index in [4.69, 9.17) is 21.1 Å². The summed E-state index contributed by atoms with van der Waals surface area (Å²) in [4.78, 5) is 16.2. The number of hydrogen-bond acceptors (Lipinski definition) is 9. The molecule has 176 valence electrons. The quantitative estimate of drug-likeness (QED) is 0.242. The van der Waals surface area contributed by atoms with Crippen molar-refractivity contribution < 1.29 is 22.7 Å². The minimum absolute atomic E-state index is 0.0130. The van der Waals surface area contributed by atoms with Gasteiger partial charge in [-0.05, 0) is 35.9 Å². The van der Waals surface area contributed by atoms with Crippen LogP contribution in [0.4, 0.5) is 5.13 Å². The van der Waals surface area contributed by atoms with Gasteiger partial charge in [-0.25, -0.2) is 8.42 Å². The fraction of sp³-hybridized carbons (Fsp3) is 0.182. The number of ether oxygens (including phenoxy) is 2. The summed E-state index contributed by atoms with van der Waals surface area (Å²) in [6.45, 7) is 2.07. The summed E-state index contributed by atoms with van der Waals surface area (Å²) >= 11 is 6.75. The number of para-hydroxylation sites is 1. The van der Waals surface area contributed by atoms with Crippen LogP contribution in [0.3, 0.4) is 0 Å². The predicted octanol–water partition coefficient (Wildman–Crippen LogP) is 3.99. The molecule has 34 heavy (non-hydrogen) atoms. The molecule has 0 saturated heterocycles. The van der Waals surface area contributed by atoms with Crippen molar-refractivity contribution in [2.75, 3.05) is 24.3 Å². The van der Waals surface area contributed by atoms with E-state index < -0.39 is 15.7 Å². The molecule has 0 aliphatic heterocycles.